The number of ether oxygens (including phenoxy) is 4. The Morgan fingerprint density at radius 2 is 0.795 bits per heavy atom. The second kappa shape index (κ2) is 61.2. The van der Waals surface area contributed by atoms with Crippen molar-refractivity contribution in [3.63, 3.8) is 0 Å². The Bertz CT molecular complexity index is 6020. The van der Waals surface area contributed by atoms with Gasteiger partial charge in [0.15, 0.2) is 12.6 Å². The Balaban J connectivity index is 0. The van der Waals surface area contributed by atoms with Crippen molar-refractivity contribution < 1.29 is 277 Å². The number of phenolic OH excluding ortho intramolecular Hbond substituents is 3. The summed E-state index contributed by atoms with van der Waals surface area (Å²) in [4.78, 5) is 34.2. The zero-order valence-electron chi connectivity index (χ0n) is 70.1. The molecular formula is C93H73Cs2F13O17S2. The quantitative estimate of drug-likeness (QED) is 0.00832. The van der Waals surface area contributed by atoms with Gasteiger partial charge in [0.25, 0.3) is 6.47 Å². The van der Waals surface area contributed by atoms with Gasteiger partial charge in [0, 0.05) is 29.3 Å². The van der Waals surface area contributed by atoms with Crippen molar-refractivity contribution in [3.8, 4) is 143 Å². The van der Waals surface area contributed by atoms with E-state index in [1.54, 1.807) is 43.3 Å². The first-order valence-electron chi connectivity index (χ1n) is 35.9. The molecule has 0 fully saturated rings. The molecule has 652 valence electrons. The predicted molar refractivity (Wildman–Crippen MR) is 446 cm³/mol. The maximum absolute atomic E-state index is 12.8. The molecule has 0 radical (unpaired) electrons. The molecule has 0 saturated heterocycles. The van der Waals surface area contributed by atoms with Crippen molar-refractivity contribution in [2.24, 2.45) is 0 Å². The van der Waals surface area contributed by atoms with Gasteiger partial charge in [0.1, 0.15) is 23.0 Å². The second-order valence-electron chi connectivity index (χ2n) is 23.7. The molecule has 0 unspecified atom stereocenters. The molecule has 10 aromatic carbocycles. The Morgan fingerprint density at radius 3 is 1.14 bits per heavy atom. The summed E-state index contributed by atoms with van der Waals surface area (Å²) < 4.78 is 220. The number of rotatable bonds is 22. The van der Waals surface area contributed by atoms with Crippen LogP contribution in [0, 0.1) is 120 Å². The smallest absolute Gasteiger partial charge is 1.00 e. The summed E-state index contributed by atoms with van der Waals surface area (Å²) in [6.07, 6.45) is 2.79. The van der Waals surface area contributed by atoms with E-state index in [1.165, 1.54) is 74.5 Å². The molecule has 0 bridgehead atoms. The minimum absolute atomic E-state index is 0. The van der Waals surface area contributed by atoms with Gasteiger partial charge in [-0.2, -0.15) is 52.3 Å². The zero-order valence-corrected chi connectivity index (χ0v) is 82.3. The van der Waals surface area contributed by atoms with Gasteiger partial charge in [0.2, 0.25) is 16.6 Å². The molecule has 0 aromatic heterocycles. The maximum Gasteiger partial charge on any atom is 1.00 e. The van der Waals surface area contributed by atoms with Crippen LogP contribution < -0.4 is 148 Å². The number of phenols is 3. The van der Waals surface area contributed by atoms with Crippen LogP contribution in [0.15, 0.2) is 194 Å². The van der Waals surface area contributed by atoms with Gasteiger partial charge in [0.05, 0.1) is 27.3 Å². The molecule has 10 rings (SSSR count). The molecule has 0 atom stereocenters. The van der Waals surface area contributed by atoms with Crippen molar-refractivity contribution in [3.05, 3.63) is 239 Å². The van der Waals surface area contributed by atoms with Crippen molar-refractivity contribution in [1.82, 2.24) is 0 Å². The first-order chi connectivity index (χ1) is 59.7. The normalized spacial score (nSPS) is 10.2. The molecule has 0 spiro atoms. The van der Waals surface area contributed by atoms with Crippen LogP contribution in [0.1, 0.15) is 90.5 Å². The van der Waals surface area contributed by atoms with Gasteiger partial charge >= 0.3 is 177 Å². The van der Waals surface area contributed by atoms with E-state index in [9.17, 15) is 83.5 Å². The van der Waals surface area contributed by atoms with Gasteiger partial charge in [-0.25, -0.2) is 17.3 Å². The van der Waals surface area contributed by atoms with E-state index in [1.807, 2.05) is 0 Å². The third-order valence-corrected chi connectivity index (χ3v) is 16.9. The largest absolute Gasteiger partial charge is 1.00 e. The van der Waals surface area contributed by atoms with Crippen molar-refractivity contribution >= 4 is 82.1 Å². The first-order valence-corrected chi connectivity index (χ1v) is 38.5. The molecular weight excluding hydrogens is 1970 g/mol. The number of benzene rings is 10. The van der Waals surface area contributed by atoms with E-state index in [0.29, 0.717) is 24.5 Å². The van der Waals surface area contributed by atoms with Crippen LogP contribution in [0.25, 0.3) is 43.1 Å². The molecule has 0 aliphatic rings. The van der Waals surface area contributed by atoms with Crippen LogP contribution in [0.2, 0.25) is 0 Å². The summed E-state index contributed by atoms with van der Waals surface area (Å²) in [6.45, 7) is 1.94. The average Bonchev–Trinajstić information content (AvgIpc) is 0.786. The second-order valence-corrected chi connectivity index (χ2v) is 27.3. The molecule has 0 heterocycles. The third kappa shape index (κ3) is 42.5. The average molecular weight is 2040 g/mol. The summed E-state index contributed by atoms with van der Waals surface area (Å²) in [7, 11) is -11.5. The van der Waals surface area contributed by atoms with Crippen LogP contribution in [0.3, 0.4) is 0 Å². The Kier molecular flexibility index (Phi) is 55.3. The monoisotopic (exact) mass is 2040 g/mol. The number of carbonyl (C=O) groups is 3. The molecule has 0 aliphatic heterocycles. The number of aldehydes is 2. The van der Waals surface area contributed by atoms with E-state index in [-0.39, 0.29) is 182 Å². The molecule has 10 aromatic rings. The standard InChI is InChI=1S/C40H30O.C12H9F3O4S.C11H4.C10H2.C9H14F6O3.C7H6O4.C2H3F3O2S.CH3F.CH2O3.2Cs.H/c41-27-40-35(25-33-17-8-14-30-11-2-5-20-38(30)33)23-28(22-32-16-7-13-29-10-1-4-19-37(29)32)24-36(40)26-34-18-9-15-31-12-3-6-21-39(31)34;13-12(14,15)20(16,17)19-8-18-11-7-3-5-9-4-1-2-6-10(9)11;1-3-5-7-9-11-10-8-6-4-2;1-3-5-7-9-10-8-6-4-2;1-3-5-16-7(10,11)8(12,13)18-9(14,15)17-6-4-2;8-3-5-6(10)1-4(9)2-7(5)11;1-8(6,7)2(3,4)5;1-2;2-1-4-3;;;/h1-21,23-24,27H,22,25-26H2;1-7H,8H2;1H,2H3;1-2H;3-6H2,1-2H3;1-3,9-11H;1H3;1H3;1,3H;;;/q;;;;;;;;;2*+1;-1/p-1/i;;;;;;;1D;;;;. The Morgan fingerprint density at radius 1 is 0.465 bits per heavy atom. The number of alkyl halides is 13. The number of hydrogen-bond acceptors (Lipinski definition) is 17. The van der Waals surface area contributed by atoms with Crippen LogP contribution in [0.4, 0.5) is 57.1 Å². The summed E-state index contributed by atoms with van der Waals surface area (Å²) in [6, 6.07) is 63.5. The number of terminal acetylenes is 3. The summed E-state index contributed by atoms with van der Waals surface area (Å²) in [5, 5.41) is 44.0. The minimum atomic E-state index is -5.65. The Labute approximate surface area is 846 Å². The number of aromatic hydroxyl groups is 3. The number of carbonyl (C=O) groups excluding carboxylic acids is 3. The van der Waals surface area contributed by atoms with Crippen LogP contribution in [0.5, 0.6) is 23.0 Å². The minimum Gasteiger partial charge on any atom is -1.00 e. The maximum atomic E-state index is 12.8. The predicted octanol–water partition coefficient (Wildman–Crippen LogP) is 11.6. The number of hydrogen-bond donors (Lipinski definition) is 3. The zero-order chi connectivity index (χ0) is 94.4. The summed E-state index contributed by atoms with van der Waals surface area (Å²) in [5.74, 6) is 39.4. The first kappa shape index (κ1) is 115. The van der Waals surface area contributed by atoms with Crippen LogP contribution in [-0.4, -0.2) is 114 Å². The van der Waals surface area contributed by atoms with Crippen LogP contribution >= 0.6 is 0 Å². The summed E-state index contributed by atoms with van der Waals surface area (Å²) in [5.41, 5.74) is -2.77. The molecule has 0 aliphatic carbocycles. The summed E-state index contributed by atoms with van der Waals surface area (Å²) >= 11 is 0. The van der Waals surface area contributed by atoms with Crippen molar-refractivity contribution in [2.45, 2.75) is 82.4 Å². The number of sulfone groups is 1. The molecule has 127 heavy (non-hydrogen) atoms. The van der Waals surface area contributed by atoms with Gasteiger partial charge in [-0.1, -0.05) is 196 Å². The fourth-order valence-electron chi connectivity index (χ4n) is 9.86. The van der Waals surface area contributed by atoms with Gasteiger partial charge < -0.3 is 36.4 Å². The van der Waals surface area contributed by atoms with Crippen molar-refractivity contribution in [1.29, 1.82) is 0 Å². The number of halogens is 13. The third-order valence-electron chi connectivity index (χ3n) is 15.1. The van der Waals surface area contributed by atoms with Gasteiger partial charge in [-0.3, -0.25) is 23.5 Å². The fourth-order valence-corrected chi connectivity index (χ4v) is 10.2. The molecule has 34 heteroatoms. The Hall–Kier alpha value is -10.3. The molecule has 0 amide bonds. The van der Waals surface area contributed by atoms with Gasteiger partial charge in [-0.15, -0.1) is 28.1 Å². The van der Waals surface area contributed by atoms with Crippen LogP contribution in [-0.2, 0) is 67.3 Å². The number of fused-ring (bicyclic) bond motifs is 4. The van der Waals surface area contributed by atoms with Gasteiger partial charge in [-0.05, 0) is 211 Å². The van der Waals surface area contributed by atoms with E-state index in [2.05, 4.69) is 263 Å². The molecule has 0 saturated carbocycles. The van der Waals surface area contributed by atoms with E-state index in [0.717, 1.165) is 46.9 Å². The van der Waals surface area contributed by atoms with E-state index < -0.39 is 88.1 Å². The molecule has 3 N–H and O–H groups in total. The molecule has 17 nitrogen and oxygen atoms in total. The SMILES string of the molecule is C#CC#CC#CC#CC#C.C#CC#CC#CC#CC#CC.CCCOC(F)(F)OC(F)(F)C(F)(F)OCCC.CS(=O)(=O)C(F)(F)F.O=CO[O-].O=Cc1c(Cc2cccc3ccccc23)cc(Cc2cccc3ccccc23)cc1Cc1cccc2ccccc12.O=Cc1c(O)cc(O)cc1O.O=S(=O)(OCOc1cccc2ccccc12)C(F)(F)F.[2H]CF.[Cs+].[Cs+].[H-]. The van der Waals surface area contributed by atoms with E-state index >= 15 is 0 Å². The fraction of sp³-hybridized carbons (Fsp3) is 0.194. The van der Waals surface area contributed by atoms with E-state index in [4.69, 9.17) is 50.7 Å². The van der Waals surface area contributed by atoms with Crippen molar-refractivity contribution in [2.75, 3.05) is 33.4 Å². The topological polar surface area (TPSA) is 259 Å².